The quantitative estimate of drug-likeness (QED) is 0.610. The highest BCUT2D eigenvalue weighted by molar-refractivity contribution is 5.34. The first-order valence-electron chi connectivity index (χ1n) is 6.89. The number of nitrogens with one attached hydrogen (secondary N) is 1. The Kier molecular flexibility index (Phi) is 4.80. The maximum Gasteiger partial charge on any atom is 0.122 e. The Hall–Kier alpha value is -1.10. The molecule has 3 N–H and O–H groups in total. The van der Waals surface area contributed by atoms with Crippen LogP contribution in [0.1, 0.15) is 31.2 Å². The monoisotopic (exact) mass is 264 g/mol. The molecule has 1 aliphatic rings. The summed E-state index contributed by atoms with van der Waals surface area (Å²) in [6, 6.07) is 8.18. The van der Waals surface area contributed by atoms with E-state index in [2.05, 4.69) is 11.5 Å². The third-order valence-electron chi connectivity index (χ3n) is 4.31. The van der Waals surface area contributed by atoms with E-state index in [9.17, 15) is 0 Å². The number of hydrogen-bond donors (Lipinski definition) is 2. The highest BCUT2D eigenvalue weighted by Gasteiger charge is 2.41. The molecule has 0 aromatic heterocycles. The zero-order valence-corrected chi connectivity index (χ0v) is 11.8. The Bertz CT molecular complexity index is 403. The van der Waals surface area contributed by atoms with Crippen LogP contribution >= 0.6 is 0 Å². The van der Waals surface area contributed by atoms with Crippen molar-refractivity contribution in [1.82, 2.24) is 5.43 Å². The fourth-order valence-electron chi connectivity index (χ4n) is 3.16. The molecule has 1 unspecified atom stereocenters. The van der Waals surface area contributed by atoms with E-state index >= 15 is 0 Å². The number of rotatable bonds is 6. The van der Waals surface area contributed by atoms with Crippen molar-refractivity contribution in [1.29, 1.82) is 0 Å². The maximum absolute atomic E-state index is 5.81. The predicted molar refractivity (Wildman–Crippen MR) is 76.0 cm³/mol. The Labute approximate surface area is 115 Å². The lowest BCUT2D eigenvalue weighted by Gasteiger charge is -2.36. The average molecular weight is 264 g/mol. The first-order valence-corrected chi connectivity index (χ1v) is 6.89. The van der Waals surface area contributed by atoms with Crippen molar-refractivity contribution in [2.75, 3.05) is 14.2 Å². The molecule has 0 aliphatic heterocycles. The molecular weight excluding hydrogens is 240 g/mol. The second-order valence-corrected chi connectivity index (χ2v) is 5.21. The van der Waals surface area contributed by atoms with Crippen LogP contribution in [-0.4, -0.2) is 25.9 Å². The summed E-state index contributed by atoms with van der Waals surface area (Å²) in [6.45, 7) is 0. The van der Waals surface area contributed by atoms with Crippen molar-refractivity contribution < 1.29 is 9.47 Å². The van der Waals surface area contributed by atoms with Crippen LogP contribution in [-0.2, 0) is 11.2 Å². The first kappa shape index (κ1) is 14.3. The summed E-state index contributed by atoms with van der Waals surface area (Å²) in [5, 5.41) is 0. The molecule has 1 aromatic carbocycles. The molecule has 1 fully saturated rings. The highest BCUT2D eigenvalue weighted by atomic mass is 16.5. The van der Waals surface area contributed by atoms with Gasteiger partial charge < -0.3 is 9.47 Å². The summed E-state index contributed by atoms with van der Waals surface area (Å²) in [5.74, 6) is 6.69. The van der Waals surface area contributed by atoms with E-state index in [1.165, 1.54) is 12.8 Å². The first-order chi connectivity index (χ1) is 9.25. The number of para-hydroxylation sites is 1. The van der Waals surface area contributed by atoms with Gasteiger partial charge >= 0.3 is 0 Å². The number of benzene rings is 1. The molecule has 0 spiro atoms. The number of hydrazine groups is 1. The molecule has 1 aliphatic carbocycles. The lowest BCUT2D eigenvalue weighted by Crippen LogP contribution is -2.54. The molecule has 0 heterocycles. The maximum atomic E-state index is 5.81. The van der Waals surface area contributed by atoms with Crippen LogP contribution < -0.4 is 16.0 Å². The van der Waals surface area contributed by atoms with Gasteiger partial charge in [0.15, 0.2) is 0 Å². The molecule has 0 radical (unpaired) electrons. The van der Waals surface area contributed by atoms with E-state index in [1.54, 1.807) is 14.2 Å². The van der Waals surface area contributed by atoms with E-state index in [0.717, 1.165) is 30.6 Å². The van der Waals surface area contributed by atoms with E-state index in [1.807, 2.05) is 18.2 Å². The van der Waals surface area contributed by atoms with Crippen LogP contribution in [0.5, 0.6) is 5.75 Å². The molecule has 4 nitrogen and oxygen atoms in total. The number of ether oxygens (including phenoxy) is 2. The lowest BCUT2D eigenvalue weighted by atomic mass is 9.87. The summed E-state index contributed by atoms with van der Waals surface area (Å²) in [7, 11) is 3.49. The van der Waals surface area contributed by atoms with Crippen molar-refractivity contribution in [2.24, 2.45) is 5.84 Å². The molecule has 106 valence electrons. The minimum absolute atomic E-state index is 0.108. The van der Waals surface area contributed by atoms with Crippen molar-refractivity contribution >= 4 is 0 Å². The highest BCUT2D eigenvalue weighted by Crippen LogP contribution is 2.37. The zero-order chi connectivity index (χ0) is 13.7. The van der Waals surface area contributed by atoms with Gasteiger partial charge in [0.05, 0.1) is 18.8 Å². The molecule has 1 saturated carbocycles. The fourth-order valence-corrected chi connectivity index (χ4v) is 3.16. The third kappa shape index (κ3) is 2.91. The Morgan fingerprint density at radius 1 is 1.26 bits per heavy atom. The van der Waals surface area contributed by atoms with Gasteiger partial charge in [-0.2, -0.15) is 0 Å². The van der Waals surface area contributed by atoms with Gasteiger partial charge in [-0.3, -0.25) is 11.3 Å². The Morgan fingerprint density at radius 3 is 2.53 bits per heavy atom. The largest absolute Gasteiger partial charge is 0.496 e. The molecule has 2 rings (SSSR count). The Balaban J connectivity index is 2.18. The Morgan fingerprint density at radius 2 is 1.95 bits per heavy atom. The molecule has 19 heavy (non-hydrogen) atoms. The standard InChI is InChI=1S/C15H24N2O2/c1-18-13-8-4-3-7-12(13)11-14(17-16)15(19-2)9-5-6-10-15/h3-4,7-8,14,17H,5-6,9-11,16H2,1-2H3. The van der Waals surface area contributed by atoms with Gasteiger partial charge in [-0.15, -0.1) is 0 Å². The van der Waals surface area contributed by atoms with E-state index in [-0.39, 0.29) is 11.6 Å². The van der Waals surface area contributed by atoms with Gasteiger partial charge in [0, 0.05) is 7.11 Å². The minimum Gasteiger partial charge on any atom is -0.496 e. The summed E-state index contributed by atoms with van der Waals surface area (Å²) >= 11 is 0. The SMILES string of the molecule is COc1ccccc1CC(NN)C1(OC)CCCC1. The predicted octanol–water partition coefficient (Wildman–Crippen LogP) is 2.03. The van der Waals surface area contributed by atoms with Crippen LogP contribution in [0.2, 0.25) is 0 Å². The number of methoxy groups -OCH3 is 2. The summed E-state index contributed by atoms with van der Waals surface area (Å²) < 4.78 is 11.2. The molecular formula is C15H24N2O2. The van der Waals surface area contributed by atoms with Gasteiger partial charge in [-0.1, -0.05) is 31.0 Å². The van der Waals surface area contributed by atoms with Gasteiger partial charge in [0.2, 0.25) is 0 Å². The summed E-state index contributed by atoms with van der Waals surface area (Å²) in [5.41, 5.74) is 3.97. The van der Waals surface area contributed by atoms with Crippen LogP contribution in [0.4, 0.5) is 0 Å². The van der Waals surface area contributed by atoms with Crippen LogP contribution in [0.25, 0.3) is 0 Å². The second-order valence-electron chi connectivity index (χ2n) is 5.21. The fraction of sp³-hybridized carbons (Fsp3) is 0.600. The molecule has 0 saturated heterocycles. The van der Waals surface area contributed by atoms with Crippen LogP contribution in [0.15, 0.2) is 24.3 Å². The molecule has 0 bridgehead atoms. The van der Waals surface area contributed by atoms with Crippen molar-refractivity contribution in [2.45, 2.75) is 43.7 Å². The van der Waals surface area contributed by atoms with E-state index in [0.29, 0.717) is 0 Å². The van der Waals surface area contributed by atoms with Crippen LogP contribution in [0, 0.1) is 0 Å². The number of nitrogens with two attached hydrogens (primary N) is 1. The normalized spacial score (nSPS) is 19.3. The molecule has 4 heteroatoms. The molecule has 1 aromatic rings. The third-order valence-corrected chi connectivity index (χ3v) is 4.31. The summed E-state index contributed by atoms with van der Waals surface area (Å²) in [4.78, 5) is 0. The van der Waals surface area contributed by atoms with Gasteiger partial charge in [-0.05, 0) is 30.9 Å². The van der Waals surface area contributed by atoms with Gasteiger partial charge in [0.25, 0.3) is 0 Å². The van der Waals surface area contributed by atoms with Crippen LogP contribution in [0.3, 0.4) is 0 Å². The van der Waals surface area contributed by atoms with Crippen molar-refractivity contribution in [3.8, 4) is 5.75 Å². The van der Waals surface area contributed by atoms with Gasteiger partial charge in [-0.25, -0.2) is 0 Å². The topological polar surface area (TPSA) is 56.5 Å². The smallest absolute Gasteiger partial charge is 0.122 e. The number of hydrogen-bond acceptors (Lipinski definition) is 4. The molecule has 1 atom stereocenters. The second kappa shape index (κ2) is 6.37. The lowest BCUT2D eigenvalue weighted by molar-refractivity contribution is -0.0356. The minimum atomic E-state index is -0.143. The molecule has 0 amide bonds. The van der Waals surface area contributed by atoms with Crippen molar-refractivity contribution in [3.63, 3.8) is 0 Å². The van der Waals surface area contributed by atoms with E-state index in [4.69, 9.17) is 15.3 Å². The van der Waals surface area contributed by atoms with Gasteiger partial charge in [0.1, 0.15) is 5.75 Å². The summed E-state index contributed by atoms with van der Waals surface area (Å²) in [6.07, 6.45) is 5.35. The average Bonchev–Trinajstić information content (AvgIpc) is 2.95. The van der Waals surface area contributed by atoms with E-state index < -0.39 is 0 Å². The van der Waals surface area contributed by atoms with Crippen molar-refractivity contribution in [3.05, 3.63) is 29.8 Å². The zero-order valence-electron chi connectivity index (χ0n) is 11.8.